The lowest BCUT2D eigenvalue weighted by atomic mass is 10.2. The molecule has 0 bridgehead atoms. The van der Waals surface area contributed by atoms with Crippen molar-refractivity contribution in [2.24, 2.45) is 5.92 Å². The van der Waals surface area contributed by atoms with Crippen molar-refractivity contribution in [3.05, 3.63) is 24.9 Å². The van der Waals surface area contributed by atoms with E-state index in [4.69, 9.17) is 0 Å². The van der Waals surface area contributed by atoms with Crippen LogP contribution in [0.25, 0.3) is 0 Å². The zero-order valence-electron chi connectivity index (χ0n) is 4.09. The van der Waals surface area contributed by atoms with E-state index in [1.807, 2.05) is 24.6 Å². The normalized spacial score (nSPS) is 26.0. The van der Waals surface area contributed by atoms with Gasteiger partial charge in [0, 0.05) is 0 Å². The minimum absolute atomic E-state index is 0.444. The summed E-state index contributed by atoms with van der Waals surface area (Å²) in [5.41, 5.74) is 0. The van der Waals surface area contributed by atoms with Crippen LogP contribution in [0.4, 0.5) is 0 Å². The first-order valence-electron chi connectivity index (χ1n) is 2.32. The third-order valence-corrected chi connectivity index (χ3v) is 0.976. The van der Waals surface area contributed by atoms with E-state index < -0.39 is 0 Å². The molecule has 1 heteroatoms. The maximum absolute atomic E-state index is 3.62. The summed E-state index contributed by atoms with van der Waals surface area (Å²) in [6.07, 6.45) is 7.82. The van der Waals surface area contributed by atoms with Gasteiger partial charge in [0.15, 0.2) is 12.4 Å². The molecular weight excluding hydrogens is 86.1 g/mol. The van der Waals surface area contributed by atoms with Crippen LogP contribution in [0.2, 0.25) is 0 Å². The summed E-state index contributed by atoms with van der Waals surface area (Å²) in [5.74, 6) is 0.444. The Bertz CT molecular complexity index is 110. The zero-order chi connectivity index (χ0) is 5.11. The summed E-state index contributed by atoms with van der Waals surface area (Å²) in [4.78, 5) is 2.95. The summed E-state index contributed by atoms with van der Waals surface area (Å²) < 4.78 is 0. The molecule has 0 aromatic heterocycles. The smallest absolute Gasteiger partial charge is 0.163 e. The molecule has 0 aliphatic carbocycles. The van der Waals surface area contributed by atoms with Crippen molar-refractivity contribution in [3.8, 4) is 0 Å². The second-order valence-electron chi connectivity index (χ2n) is 1.51. The first-order chi connectivity index (χ1) is 3.43. The largest absolute Gasteiger partial charge is 0.221 e. The quantitative estimate of drug-likeness (QED) is 0.420. The van der Waals surface area contributed by atoms with Crippen molar-refractivity contribution in [2.75, 3.05) is 0 Å². The lowest BCUT2D eigenvalue weighted by Gasteiger charge is -1.80. The number of rotatable bonds is 1. The Hall–Kier alpha value is -0.850. The van der Waals surface area contributed by atoms with Gasteiger partial charge in [-0.1, -0.05) is 6.08 Å². The Balaban J connectivity index is 2.59. The lowest BCUT2D eigenvalue weighted by Crippen LogP contribution is -2.59. The predicted molar refractivity (Wildman–Crippen MR) is 29.9 cm³/mol. The number of hydrogen-bond donors (Lipinski definition) is 1. The Morgan fingerprint density at radius 1 is 1.71 bits per heavy atom. The van der Waals surface area contributed by atoms with E-state index in [1.54, 1.807) is 0 Å². The average Bonchev–Trinajstić information content (AvgIpc) is 2.14. The molecular formula is C6H8N+. The summed E-state index contributed by atoms with van der Waals surface area (Å²) >= 11 is 0. The van der Waals surface area contributed by atoms with Gasteiger partial charge in [-0.05, 0) is 6.08 Å². The van der Waals surface area contributed by atoms with Gasteiger partial charge >= 0.3 is 0 Å². The monoisotopic (exact) mass is 94.1 g/mol. The Labute approximate surface area is 43.1 Å². The molecule has 7 heavy (non-hydrogen) atoms. The minimum atomic E-state index is 0.444. The summed E-state index contributed by atoms with van der Waals surface area (Å²) in [6.45, 7) is 3.62. The second kappa shape index (κ2) is 1.73. The molecule has 1 unspecified atom stereocenters. The predicted octanol–water partition coefficient (Wildman–Crippen LogP) is -0.533. The fourth-order valence-electron chi connectivity index (χ4n) is 0.535. The molecule has 1 N–H and O–H groups in total. The first-order valence-corrected chi connectivity index (χ1v) is 2.32. The third kappa shape index (κ3) is 0.769. The summed E-state index contributed by atoms with van der Waals surface area (Å²) in [5, 5.41) is 0. The first kappa shape index (κ1) is 4.31. The fourth-order valence-corrected chi connectivity index (χ4v) is 0.535. The van der Waals surface area contributed by atoms with Crippen LogP contribution >= 0.6 is 0 Å². The van der Waals surface area contributed by atoms with Crippen LogP contribution in [0.15, 0.2) is 24.9 Å². The van der Waals surface area contributed by atoms with Crippen molar-refractivity contribution in [3.63, 3.8) is 0 Å². The molecule has 1 aliphatic rings. The molecule has 0 aromatic rings. The van der Waals surface area contributed by atoms with Crippen LogP contribution in [0.5, 0.6) is 0 Å². The molecule has 1 rings (SSSR count). The molecule has 0 saturated carbocycles. The Morgan fingerprint density at radius 2 is 2.57 bits per heavy atom. The number of nitrogens with one attached hydrogen (secondary N) is 1. The highest BCUT2D eigenvalue weighted by atomic mass is 14.7. The maximum Gasteiger partial charge on any atom is 0.163 e. The second-order valence-corrected chi connectivity index (χ2v) is 1.51. The molecule has 1 heterocycles. The highest BCUT2D eigenvalue weighted by Gasteiger charge is 2.01. The maximum atomic E-state index is 3.62. The highest BCUT2D eigenvalue weighted by Crippen LogP contribution is 1.92. The van der Waals surface area contributed by atoms with E-state index in [-0.39, 0.29) is 0 Å². The zero-order valence-corrected chi connectivity index (χ0v) is 4.09. The van der Waals surface area contributed by atoms with Gasteiger partial charge in [-0.15, -0.1) is 6.58 Å². The molecule has 1 atom stereocenters. The van der Waals surface area contributed by atoms with Gasteiger partial charge < -0.3 is 0 Å². The van der Waals surface area contributed by atoms with Gasteiger partial charge in [-0.2, -0.15) is 0 Å². The SMILES string of the molecule is C=CC1C=C[NH+]=C1. The van der Waals surface area contributed by atoms with Crippen LogP contribution in [0.3, 0.4) is 0 Å². The van der Waals surface area contributed by atoms with Crippen molar-refractivity contribution in [1.29, 1.82) is 0 Å². The van der Waals surface area contributed by atoms with Crippen LogP contribution in [0, 0.1) is 5.92 Å². The number of hydrogen-bond acceptors (Lipinski definition) is 0. The molecule has 1 nitrogen and oxygen atoms in total. The summed E-state index contributed by atoms with van der Waals surface area (Å²) in [7, 11) is 0. The molecule has 0 radical (unpaired) electrons. The van der Waals surface area contributed by atoms with Gasteiger partial charge in [0.1, 0.15) is 0 Å². The molecule has 0 fully saturated rings. The third-order valence-electron chi connectivity index (χ3n) is 0.976. The van der Waals surface area contributed by atoms with E-state index in [2.05, 4.69) is 11.6 Å². The lowest BCUT2D eigenvalue weighted by molar-refractivity contribution is -0.363. The van der Waals surface area contributed by atoms with Crippen molar-refractivity contribution in [1.82, 2.24) is 0 Å². The van der Waals surface area contributed by atoms with E-state index in [0.717, 1.165) is 0 Å². The van der Waals surface area contributed by atoms with E-state index in [0.29, 0.717) is 5.92 Å². The highest BCUT2D eigenvalue weighted by molar-refractivity contribution is 5.61. The van der Waals surface area contributed by atoms with Crippen LogP contribution in [-0.4, -0.2) is 6.21 Å². The summed E-state index contributed by atoms with van der Waals surface area (Å²) in [6, 6.07) is 0. The van der Waals surface area contributed by atoms with Crippen molar-refractivity contribution < 1.29 is 4.99 Å². The van der Waals surface area contributed by atoms with Crippen LogP contribution in [0.1, 0.15) is 0 Å². The van der Waals surface area contributed by atoms with Gasteiger partial charge in [-0.3, -0.25) is 0 Å². The van der Waals surface area contributed by atoms with Gasteiger partial charge in [0.05, 0.1) is 5.92 Å². The van der Waals surface area contributed by atoms with E-state index in [1.165, 1.54) is 0 Å². The molecule has 0 aromatic carbocycles. The molecule has 0 amide bonds. The van der Waals surface area contributed by atoms with E-state index in [9.17, 15) is 0 Å². The van der Waals surface area contributed by atoms with Gasteiger partial charge in [0.2, 0.25) is 0 Å². The Kier molecular flexibility index (Phi) is 1.07. The van der Waals surface area contributed by atoms with Crippen molar-refractivity contribution in [2.45, 2.75) is 0 Å². The molecule has 0 spiro atoms. The van der Waals surface area contributed by atoms with Gasteiger partial charge in [0.25, 0.3) is 0 Å². The van der Waals surface area contributed by atoms with Crippen LogP contribution < -0.4 is 4.99 Å². The number of allylic oxidation sites excluding steroid dienone is 2. The molecule has 1 aliphatic heterocycles. The standard InChI is InChI=1S/C6H7N/c1-2-6-3-4-7-5-6/h2-6H,1H2/p+1. The molecule has 0 saturated heterocycles. The van der Waals surface area contributed by atoms with Gasteiger partial charge in [-0.25, -0.2) is 4.99 Å². The Morgan fingerprint density at radius 3 is 2.86 bits per heavy atom. The minimum Gasteiger partial charge on any atom is -0.221 e. The average molecular weight is 94.1 g/mol. The van der Waals surface area contributed by atoms with Crippen molar-refractivity contribution >= 4 is 6.21 Å². The fraction of sp³-hybridized carbons (Fsp3) is 0.167. The topological polar surface area (TPSA) is 14.0 Å². The van der Waals surface area contributed by atoms with Crippen LogP contribution in [-0.2, 0) is 0 Å². The molecule has 36 valence electrons. The van der Waals surface area contributed by atoms with E-state index >= 15 is 0 Å².